The van der Waals surface area contributed by atoms with Gasteiger partial charge in [-0.2, -0.15) is 11.8 Å². The molecule has 0 bridgehead atoms. The van der Waals surface area contributed by atoms with Crippen LogP contribution in [0.25, 0.3) is 10.8 Å². The summed E-state index contributed by atoms with van der Waals surface area (Å²) in [6, 6.07) is 13.2. The van der Waals surface area contributed by atoms with Crippen molar-refractivity contribution in [2.24, 2.45) is 11.7 Å². The Balaban J connectivity index is 2.25. The van der Waals surface area contributed by atoms with Crippen molar-refractivity contribution in [3.63, 3.8) is 0 Å². The molecule has 0 amide bonds. The van der Waals surface area contributed by atoms with Gasteiger partial charge in [0.25, 0.3) is 0 Å². The van der Waals surface area contributed by atoms with Crippen LogP contribution in [0.5, 0.6) is 0 Å². The van der Waals surface area contributed by atoms with Crippen molar-refractivity contribution < 1.29 is 0 Å². The monoisotopic (exact) mass is 243 g/mol. The number of hydrogen-bond acceptors (Lipinski definition) is 2. The molecule has 0 spiro atoms. The highest BCUT2D eigenvalue weighted by Crippen LogP contribution is 2.36. The van der Waals surface area contributed by atoms with Crippen LogP contribution < -0.4 is 5.73 Å². The number of nitrogens with two attached hydrogens (primary N) is 1. The fraction of sp³-hybridized carbons (Fsp3) is 0.333. The van der Waals surface area contributed by atoms with Crippen LogP contribution in [0.15, 0.2) is 36.4 Å². The van der Waals surface area contributed by atoms with E-state index in [2.05, 4.69) is 43.3 Å². The second-order valence-electron chi connectivity index (χ2n) is 4.87. The first-order chi connectivity index (χ1) is 8.27. The molecule has 2 N–H and O–H groups in total. The number of rotatable bonds is 0. The maximum Gasteiger partial charge on any atom is 0.0332 e. The van der Waals surface area contributed by atoms with Crippen LogP contribution in [0.1, 0.15) is 24.1 Å². The van der Waals surface area contributed by atoms with Crippen LogP contribution in [0.2, 0.25) is 0 Å². The summed E-state index contributed by atoms with van der Waals surface area (Å²) < 4.78 is 0. The Kier molecular flexibility index (Phi) is 2.85. The number of thioether (sulfide) groups is 1. The van der Waals surface area contributed by atoms with E-state index in [9.17, 15) is 0 Å². The minimum Gasteiger partial charge on any atom is -0.324 e. The first kappa shape index (κ1) is 11.1. The smallest absolute Gasteiger partial charge is 0.0332 e. The van der Waals surface area contributed by atoms with Crippen LogP contribution in [-0.2, 0) is 5.75 Å². The molecule has 2 aromatic rings. The van der Waals surface area contributed by atoms with Crippen LogP contribution in [0.4, 0.5) is 0 Å². The third-order valence-corrected chi connectivity index (χ3v) is 4.93. The summed E-state index contributed by atoms with van der Waals surface area (Å²) in [6.07, 6.45) is 0. The van der Waals surface area contributed by atoms with Crippen molar-refractivity contribution in [3.05, 3.63) is 47.5 Å². The number of fused-ring (bicyclic) bond motifs is 3. The van der Waals surface area contributed by atoms with E-state index in [0.29, 0.717) is 5.92 Å². The highest BCUT2D eigenvalue weighted by atomic mass is 32.2. The molecule has 0 aromatic heterocycles. The van der Waals surface area contributed by atoms with Crippen LogP contribution in [-0.4, -0.2) is 5.75 Å². The molecule has 0 radical (unpaired) electrons. The molecule has 0 saturated heterocycles. The highest BCUT2D eigenvalue weighted by molar-refractivity contribution is 7.98. The summed E-state index contributed by atoms with van der Waals surface area (Å²) in [5, 5.41) is 2.70. The Morgan fingerprint density at radius 1 is 1.18 bits per heavy atom. The van der Waals surface area contributed by atoms with E-state index >= 15 is 0 Å². The van der Waals surface area contributed by atoms with E-state index in [-0.39, 0.29) is 6.04 Å². The summed E-state index contributed by atoms with van der Waals surface area (Å²) in [4.78, 5) is 0. The summed E-state index contributed by atoms with van der Waals surface area (Å²) >= 11 is 2.01. The van der Waals surface area contributed by atoms with E-state index in [4.69, 9.17) is 5.73 Å². The minimum absolute atomic E-state index is 0.185. The molecule has 0 fully saturated rings. The van der Waals surface area contributed by atoms with Gasteiger partial charge in [0.1, 0.15) is 0 Å². The molecule has 17 heavy (non-hydrogen) atoms. The van der Waals surface area contributed by atoms with Gasteiger partial charge >= 0.3 is 0 Å². The summed E-state index contributed by atoms with van der Waals surface area (Å²) in [7, 11) is 0. The van der Waals surface area contributed by atoms with Gasteiger partial charge in [-0.15, -0.1) is 0 Å². The third-order valence-electron chi connectivity index (χ3n) is 3.68. The molecule has 3 rings (SSSR count). The van der Waals surface area contributed by atoms with Crippen molar-refractivity contribution >= 4 is 22.5 Å². The second-order valence-corrected chi connectivity index (χ2v) is 5.90. The van der Waals surface area contributed by atoms with Crippen molar-refractivity contribution in [2.75, 3.05) is 5.75 Å². The molecule has 2 unspecified atom stereocenters. The van der Waals surface area contributed by atoms with Gasteiger partial charge in [0.05, 0.1) is 0 Å². The Hall–Kier alpha value is -0.990. The molecular formula is C15H17NS. The lowest BCUT2D eigenvalue weighted by Gasteiger charge is -2.19. The fourth-order valence-corrected chi connectivity index (χ4v) is 3.81. The van der Waals surface area contributed by atoms with Gasteiger partial charge in [-0.3, -0.25) is 0 Å². The normalized spacial score (nSPS) is 24.4. The predicted octanol–water partition coefficient (Wildman–Crippen LogP) is 3.72. The molecule has 2 heteroatoms. The molecule has 88 valence electrons. The highest BCUT2D eigenvalue weighted by Gasteiger charge is 2.22. The van der Waals surface area contributed by atoms with Crippen LogP contribution in [0, 0.1) is 5.92 Å². The zero-order valence-corrected chi connectivity index (χ0v) is 10.8. The van der Waals surface area contributed by atoms with E-state index in [1.54, 1.807) is 0 Å². The largest absolute Gasteiger partial charge is 0.324 e. The molecule has 0 aliphatic carbocycles. The zero-order valence-electron chi connectivity index (χ0n) is 10.0. The van der Waals surface area contributed by atoms with Gasteiger partial charge in [-0.1, -0.05) is 43.3 Å². The van der Waals surface area contributed by atoms with Crippen molar-refractivity contribution in [1.29, 1.82) is 0 Å². The van der Waals surface area contributed by atoms with Gasteiger partial charge in [-0.25, -0.2) is 0 Å². The molecule has 1 aliphatic heterocycles. The molecule has 1 aliphatic rings. The van der Waals surface area contributed by atoms with Gasteiger partial charge in [0.15, 0.2) is 0 Å². The lowest BCUT2D eigenvalue weighted by Crippen LogP contribution is -2.20. The van der Waals surface area contributed by atoms with Gasteiger partial charge in [-0.05, 0) is 33.6 Å². The average molecular weight is 243 g/mol. The van der Waals surface area contributed by atoms with Gasteiger partial charge in [0, 0.05) is 11.8 Å². The quantitative estimate of drug-likeness (QED) is 0.763. The topological polar surface area (TPSA) is 26.0 Å². The van der Waals surface area contributed by atoms with Crippen LogP contribution in [0.3, 0.4) is 0 Å². The fourth-order valence-electron chi connectivity index (χ4n) is 2.58. The van der Waals surface area contributed by atoms with E-state index in [1.807, 2.05) is 11.8 Å². The molecular weight excluding hydrogens is 226 g/mol. The van der Waals surface area contributed by atoms with Gasteiger partial charge < -0.3 is 5.73 Å². The van der Waals surface area contributed by atoms with Crippen molar-refractivity contribution in [3.8, 4) is 0 Å². The number of hydrogen-bond donors (Lipinski definition) is 1. The maximum atomic E-state index is 6.37. The van der Waals surface area contributed by atoms with Crippen molar-refractivity contribution in [1.82, 2.24) is 0 Å². The summed E-state index contributed by atoms with van der Waals surface area (Å²) in [6.45, 7) is 2.25. The Bertz CT molecular complexity index is 550. The van der Waals surface area contributed by atoms with E-state index in [0.717, 1.165) is 11.5 Å². The van der Waals surface area contributed by atoms with E-state index < -0.39 is 0 Å². The molecule has 0 saturated carbocycles. The Morgan fingerprint density at radius 3 is 2.88 bits per heavy atom. The Morgan fingerprint density at radius 2 is 2.00 bits per heavy atom. The standard InChI is InChI=1S/C15H17NS/c1-10-8-17-9-14-12-5-3-2-4-11(12)6-7-13(14)15(10)16/h2-7,10,15H,8-9,16H2,1H3. The Labute approximate surface area is 106 Å². The molecule has 1 heterocycles. The number of benzene rings is 2. The van der Waals surface area contributed by atoms with Crippen molar-refractivity contribution in [2.45, 2.75) is 18.7 Å². The molecule has 1 nitrogen and oxygen atoms in total. The third kappa shape index (κ3) is 1.85. The zero-order chi connectivity index (χ0) is 11.8. The predicted molar refractivity (Wildman–Crippen MR) is 76.2 cm³/mol. The SMILES string of the molecule is CC1CSCc2c(ccc3ccccc23)C1N. The first-order valence-corrected chi connectivity index (χ1v) is 7.26. The van der Waals surface area contributed by atoms with E-state index in [1.165, 1.54) is 21.9 Å². The molecule has 2 aromatic carbocycles. The maximum absolute atomic E-state index is 6.37. The average Bonchev–Trinajstić information content (AvgIpc) is 2.51. The van der Waals surface area contributed by atoms with Gasteiger partial charge in [0.2, 0.25) is 0 Å². The lowest BCUT2D eigenvalue weighted by atomic mass is 9.90. The van der Waals surface area contributed by atoms with Crippen LogP contribution >= 0.6 is 11.8 Å². The summed E-state index contributed by atoms with van der Waals surface area (Å²) in [5.74, 6) is 2.81. The second kappa shape index (κ2) is 4.35. The lowest BCUT2D eigenvalue weighted by molar-refractivity contribution is 0.524. The molecule has 2 atom stereocenters. The minimum atomic E-state index is 0.185. The first-order valence-electron chi connectivity index (χ1n) is 6.11. The summed E-state index contributed by atoms with van der Waals surface area (Å²) in [5.41, 5.74) is 9.16.